The molecule has 5 nitrogen and oxygen atoms in total. The van der Waals surface area contributed by atoms with Crippen LogP contribution in [0.15, 0.2) is 59.8 Å². The van der Waals surface area contributed by atoms with Crippen molar-refractivity contribution in [2.45, 2.75) is 18.1 Å². The van der Waals surface area contributed by atoms with Crippen molar-refractivity contribution in [3.05, 3.63) is 60.2 Å². The van der Waals surface area contributed by atoms with Gasteiger partial charge in [-0.3, -0.25) is 0 Å². The average molecular weight is 301 g/mol. The number of benzene rings is 2. The van der Waals surface area contributed by atoms with Crippen LogP contribution >= 0.6 is 0 Å². The van der Waals surface area contributed by atoms with Gasteiger partial charge >= 0.3 is 0 Å². The summed E-state index contributed by atoms with van der Waals surface area (Å²) in [6, 6.07) is 16.7. The maximum atomic E-state index is 11.4. The molecule has 1 heterocycles. The summed E-state index contributed by atoms with van der Waals surface area (Å²) in [5.41, 5.74) is 2.24. The van der Waals surface area contributed by atoms with E-state index in [1.807, 2.05) is 30.3 Å². The molecule has 1 aromatic heterocycles. The Morgan fingerprint density at radius 2 is 1.67 bits per heavy atom. The number of nitrogens with zero attached hydrogens (tertiary/aromatic N) is 2. The second-order valence-corrected chi connectivity index (χ2v) is 6.00. The van der Waals surface area contributed by atoms with E-state index in [9.17, 15) is 13.0 Å². The molecule has 2 aromatic carbocycles. The molecular formula is C15H13N2O3S-. The minimum Gasteiger partial charge on any atom is -0.742 e. The largest absolute Gasteiger partial charge is 0.742 e. The number of imidazole rings is 1. The summed E-state index contributed by atoms with van der Waals surface area (Å²) < 4.78 is 35.7. The van der Waals surface area contributed by atoms with Gasteiger partial charge in [0.2, 0.25) is 5.16 Å². The average Bonchev–Trinajstić information content (AvgIpc) is 2.85. The Hall–Kier alpha value is -2.18. The molecule has 0 aliphatic rings. The van der Waals surface area contributed by atoms with Crippen LogP contribution in [0.5, 0.6) is 0 Å². The van der Waals surface area contributed by atoms with Crippen LogP contribution in [-0.2, 0) is 23.1 Å². The molecule has 0 unspecified atom stereocenters. The Morgan fingerprint density at radius 3 is 2.38 bits per heavy atom. The van der Waals surface area contributed by atoms with Crippen LogP contribution in [0.4, 0.5) is 0 Å². The van der Waals surface area contributed by atoms with Crippen LogP contribution in [0.3, 0.4) is 0 Å². The quantitative estimate of drug-likeness (QED) is 0.692. The second kappa shape index (κ2) is 5.31. The topological polar surface area (TPSA) is 75.0 Å². The first-order valence-electron chi connectivity index (χ1n) is 6.51. The molecule has 0 N–H and O–H groups in total. The fourth-order valence-electron chi connectivity index (χ4n) is 2.35. The Morgan fingerprint density at radius 1 is 1.00 bits per heavy atom. The minimum atomic E-state index is -4.60. The second-order valence-electron chi connectivity index (χ2n) is 4.72. The highest BCUT2D eigenvalue weighted by molar-refractivity contribution is 7.85. The molecule has 21 heavy (non-hydrogen) atoms. The summed E-state index contributed by atoms with van der Waals surface area (Å²) in [5.74, 6) is 0. The van der Waals surface area contributed by atoms with Crippen molar-refractivity contribution >= 4 is 21.2 Å². The van der Waals surface area contributed by atoms with Crippen LogP contribution in [-0.4, -0.2) is 22.5 Å². The van der Waals surface area contributed by atoms with Gasteiger partial charge in [-0.15, -0.1) is 0 Å². The maximum absolute atomic E-state index is 11.4. The summed E-state index contributed by atoms with van der Waals surface area (Å²) >= 11 is 0. The van der Waals surface area contributed by atoms with E-state index in [4.69, 9.17) is 0 Å². The first-order chi connectivity index (χ1) is 10.1. The maximum Gasteiger partial charge on any atom is 0.215 e. The van der Waals surface area contributed by atoms with Gasteiger partial charge in [0.1, 0.15) is 0 Å². The molecular weight excluding hydrogens is 288 g/mol. The molecule has 3 rings (SSSR count). The zero-order valence-corrected chi connectivity index (χ0v) is 12.0. The van der Waals surface area contributed by atoms with E-state index in [2.05, 4.69) is 4.98 Å². The van der Waals surface area contributed by atoms with E-state index in [0.717, 1.165) is 5.56 Å². The van der Waals surface area contributed by atoms with Gasteiger partial charge in [-0.2, -0.15) is 0 Å². The highest BCUT2D eigenvalue weighted by Gasteiger charge is 2.15. The van der Waals surface area contributed by atoms with Crippen molar-refractivity contribution in [3.8, 4) is 0 Å². The summed E-state index contributed by atoms with van der Waals surface area (Å²) in [6.45, 7) is 0.390. The normalized spacial score (nSPS) is 11.9. The number of hydrogen-bond acceptors (Lipinski definition) is 4. The molecule has 0 fully saturated rings. The number of aryl methyl sites for hydroxylation is 2. The predicted molar refractivity (Wildman–Crippen MR) is 77.8 cm³/mol. The van der Waals surface area contributed by atoms with Crippen molar-refractivity contribution in [3.63, 3.8) is 0 Å². The van der Waals surface area contributed by atoms with E-state index in [1.54, 1.807) is 24.3 Å². The molecule has 0 aliphatic carbocycles. The first kappa shape index (κ1) is 13.8. The van der Waals surface area contributed by atoms with Gasteiger partial charge in [0.25, 0.3) is 0 Å². The van der Waals surface area contributed by atoms with Gasteiger partial charge in [0.05, 0.1) is 11.0 Å². The number of fused-ring (bicyclic) bond motifs is 1. The zero-order chi connectivity index (χ0) is 14.9. The minimum absolute atomic E-state index is 0.390. The Balaban J connectivity index is 2.03. The SMILES string of the molecule is O=S(=O)([O-])c1nc2ccccc2n1CCc1ccccc1. The molecule has 0 spiro atoms. The summed E-state index contributed by atoms with van der Waals surface area (Å²) in [6.07, 6.45) is 0.629. The van der Waals surface area contributed by atoms with Crippen LogP contribution in [0, 0.1) is 0 Å². The van der Waals surface area contributed by atoms with Crippen LogP contribution in [0.25, 0.3) is 11.0 Å². The van der Waals surface area contributed by atoms with Crippen LogP contribution in [0.2, 0.25) is 0 Å². The third-order valence-corrected chi connectivity index (χ3v) is 4.07. The van der Waals surface area contributed by atoms with Crippen molar-refractivity contribution in [1.29, 1.82) is 0 Å². The third-order valence-electron chi connectivity index (χ3n) is 3.31. The smallest absolute Gasteiger partial charge is 0.215 e. The molecule has 0 saturated carbocycles. The molecule has 0 atom stereocenters. The summed E-state index contributed by atoms with van der Waals surface area (Å²) in [4.78, 5) is 3.96. The lowest BCUT2D eigenvalue weighted by molar-refractivity contribution is 0.446. The third kappa shape index (κ3) is 2.81. The molecule has 0 saturated heterocycles. The van der Waals surface area contributed by atoms with E-state index in [0.29, 0.717) is 24.0 Å². The summed E-state index contributed by atoms with van der Waals surface area (Å²) in [7, 11) is -4.60. The number of aromatic nitrogens is 2. The van der Waals surface area contributed by atoms with Gasteiger partial charge in [-0.1, -0.05) is 42.5 Å². The van der Waals surface area contributed by atoms with Crippen molar-refractivity contribution in [2.75, 3.05) is 0 Å². The predicted octanol–water partition coefficient (Wildman–Crippen LogP) is 2.18. The van der Waals surface area contributed by atoms with E-state index in [1.165, 1.54) is 4.57 Å². The monoisotopic (exact) mass is 301 g/mol. The van der Waals surface area contributed by atoms with Gasteiger partial charge in [0.15, 0.2) is 10.1 Å². The molecule has 3 aromatic rings. The first-order valence-corrected chi connectivity index (χ1v) is 7.91. The highest BCUT2D eigenvalue weighted by atomic mass is 32.2. The zero-order valence-electron chi connectivity index (χ0n) is 11.1. The lowest BCUT2D eigenvalue weighted by Gasteiger charge is -2.11. The van der Waals surface area contributed by atoms with Crippen LogP contribution < -0.4 is 0 Å². The number of para-hydroxylation sites is 2. The highest BCUT2D eigenvalue weighted by Crippen LogP contribution is 2.20. The molecule has 0 aliphatic heterocycles. The van der Waals surface area contributed by atoms with Gasteiger partial charge in [-0.05, 0) is 24.1 Å². The number of hydrogen-bond donors (Lipinski definition) is 0. The van der Waals surface area contributed by atoms with Crippen molar-refractivity contribution in [2.24, 2.45) is 0 Å². The van der Waals surface area contributed by atoms with E-state index >= 15 is 0 Å². The lowest BCUT2D eigenvalue weighted by atomic mass is 10.1. The fourth-order valence-corrected chi connectivity index (χ4v) is 3.02. The molecule has 0 bridgehead atoms. The number of rotatable bonds is 4. The fraction of sp³-hybridized carbons (Fsp3) is 0.133. The summed E-state index contributed by atoms with van der Waals surface area (Å²) in [5, 5.41) is -0.417. The van der Waals surface area contributed by atoms with Gasteiger partial charge < -0.3 is 9.12 Å². The van der Waals surface area contributed by atoms with E-state index < -0.39 is 15.3 Å². The van der Waals surface area contributed by atoms with Gasteiger partial charge in [-0.25, -0.2) is 13.4 Å². The molecule has 0 amide bonds. The lowest BCUT2D eigenvalue weighted by Crippen LogP contribution is -2.11. The Bertz CT molecular complexity index is 870. The van der Waals surface area contributed by atoms with E-state index in [-0.39, 0.29) is 0 Å². The van der Waals surface area contributed by atoms with Crippen molar-refractivity contribution in [1.82, 2.24) is 9.55 Å². The standard InChI is InChI=1S/C15H14N2O3S/c18-21(19,20)15-16-13-8-4-5-9-14(13)17(15)11-10-12-6-2-1-3-7-12/h1-9H,10-11H2,(H,18,19,20)/p-1. The van der Waals surface area contributed by atoms with Crippen molar-refractivity contribution < 1.29 is 13.0 Å². The molecule has 0 radical (unpaired) electrons. The van der Waals surface area contributed by atoms with Crippen LogP contribution in [0.1, 0.15) is 5.56 Å². The molecule has 108 valence electrons. The molecule has 6 heteroatoms. The Kier molecular flexibility index (Phi) is 3.48. The van der Waals surface area contributed by atoms with Gasteiger partial charge in [0, 0.05) is 6.54 Å². The Labute approximate surface area is 122 Å².